The van der Waals surface area contributed by atoms with Crippen molar-refractivity contribution in [1.29, 1.82) is 0 Å². The molecular weight excluding hydrogens is 248 g/mol. The van der Waals surface area contributed by atoms with Crippen molar-refractivity contribution >= 4 is 17.1 Å². The molecule has 0 spiro atoms. The number of nitrogens with one attached hydrogen (secondary N) is 1. The Bertz CT molecular complexity index is 621. The molecule has 0 aliphatic heterocycles. The maximum atomic E-state index is 13.4. The van der Waals surface area contributed by atoms with Crippen LogP contribution in [0.2, 0.25) is 0 Å². The molecule has 0 bridgehead atoms. The number of rotatable bonds is 4. The molecule has 0 saturated carbocycles. The Kier molecular flexibility index (Phi) is 2.99. The summed E-state index contributed by atoms with van der Waals surface area (Å²) in [6.45, 7) is -1.35. The number of hydrogen-bond acceptors (Lipinski definition) is 5. The normalized spacial score (nSPS) is 12.2. The molecule has 0 fully saturated rings. The van der Waals surface area contributed by atoms with Crippen molar-refractivity contribution in [2.24, 2.45) is 0 Å². The lowest BCUT2D eigenvalue weighted by Crippen LogP contribution is -2.25. The van der Waals surface area contributed by atoms with E-state index in [9.17, 15) is 13.6 Å². The number of alkyl halides is 2. The van der Waals surface area contributed by atoms with Crippen LogP contribution in [0.4, 0.5) is 14.7 Å². The maximum Gasteiger partial charge on any atom is 0.280 e. The second-order valence-corrected chi connectivity index (χ2v) is 3.83. The van der Waals surface area contributed by atoms with Crippen molar-refractivity contribution in [2.45, 2.75) is 18.9 Å². The van der Waals surface area contributed by atoms with E-state index in [0.717, 1.165) is 10.9 Å². The van der Waals surface area contributed by atoms with E-state index in [4.69, 9.17) is 10.8 Å². The predicted molar refractivity (Wildman–Crippen MR) is 59.2 cm³/mol. The van der Waals surface area contributed by atoms with Crippen LogP contribution in [-0.4, -0.2) is 37.2 Å². The fraction of sp³-hybridized carbons (Fsp3) is 0.444. The summed E-state index contributed by atoms with van der Waals surface area (Å²) < 4.78 is 27.8. The number of fused-ring (bicyclic) bond motifs is 1. The van der Waals surface area contributed by atoms with E-state index in [2.05, 4.69) is 15.0 Å². The van der Waals surface area contributed by atoms with Gasteiger partial charge in [0.1, 0.15) is 0 Å². The first-order valence-electron chi connectivity index (χ1n) is 5.12. The van der Waals surface area contributed by atoms with E-state index >= 15 is 0 Å². The number of aromatic nitrogens is 4. The van der Waals surface area contributed by atoms with Gasteiger partial charge >= 0.3 is 0 Å². The molecule has 2 rings (SSSR count). The van der Waals surface area contributed by atoms with Crippen LogP contribution in [0.5, 0.6) is 0 Å². The summed E-state index contributed by atoms with van der Waals surface area (Å²) in [5.41, 5.74) is 4.70. The smallest absolute Gasteiger partial charge is 0.280 e. The Morgan fingerprint density at radius 2 is 2.28 bits per heavy atom. The second-order valence-electron chi connectivity index (χ2n) is 3.83. The molecule has 0 amide bonds. The first-order chi connectivity index (χ1) is 8.43. The van der Waals surface area contributed by atoms with Gasteiger partial charge in [0.05, 0.1) is 12.9 Å². The van der Waals surface area contributed by atoms with Crippen molar-refractivity contribution < 1.29 is 13.9 Å². The van der Waals surface area contributed by atoms with E-state index in [0.29, 0.717) is 0 Å². The van der Waals surface area contributed by atoms with Crippen molar-refractivity contribution in [2.75, 3.05) is 12.3 Å². The lowest BCUT2D eigenvalue weighted by molar-refractivity contribution is -0.0357. The van der Waals surface area contributed by atoms with Crippen molar-refractivity contribution in [3.05, 3.63) is 16.7 Å². The first kappa shape index (κ1) is 12.4. The number of nitrogen functional groups attached to an aromatic ring is 1. The second kappa shape index (κ2) is 4.33. The summed E-state index contributed by atoms with van der Waals surface area (Å²) in [4.78, 5) is 21.1. The number of anilines is 1. The highest BCUT2D eigenvalue weighted by atomic mass is 19.3. The number of nitrogens with two attached hydrogens (primary N) is 1. The molecule has 0 aromatic carbocycles. The van der Waals surface area contributed by atoms with Gasteiger partial charge in [0.2, 0.25) is 5.95 Å². The lowest BCUT2D eigenvalue weighted by Gasteiger charge is -2.15. The van der Waals surface area contributed by atoms with Gasteiger partial charge in [-0.25, -0.2) is 13.8 Å². The fourth-order valence-electron chi connectivity index (χ4n) is 1.58. The van der Waals surface area contributed by atoms with Crippen LogP contribution in [0.25, 0.3) is 11.2 Å². The van der Waals surface area contributed by atoms with E-state index in [-0.39, 0.29) is 17.1 Å². The third-order valence-electron chi connectivity index (χ3n) is 2.37. The molecule has 98 valence electrons. The monoisotopic (exact) mass is 259 g/mol. The topological polar surface area (TPSA) is 110 Å². The number of H-pyrrole nitrogens is 1. The van der Waals surface area contributed by atoms with Crippen LogP contribution < -0.4 is 11.3 Å². The largest absolute Gasteiger partial charge is 0.396 e. The summed E-state index contributed by atoms with van der Waals surface area (Å²) in [6, 6.07) is 0. The number of hydrogen-bond donors (Lipinski definition) is 3. The number of aliphatic hydroxyl groups excluding tert-OH is 1. The van der Waals surface area contributed by atoms with Crippen molar-refractivity contribution in [3.8, 4) is 0 Å². The van der Waals surface area contributed by atoms with Gasteiger partial charge in [0, 0.05) is 13.0 Å². The minimum Gasteiger partial charge on any atom is -0.396 e. The van der Waals surface area contributed by atoms with Gasteiger partial charge in [0.25, 0.3) is 11.5 Å². The minimum absolute atomic E-state index is 0.00568. The molecule has 0 unspecified atom stereocenters. The van der Waals surface area contributed by atoms with Crippen molar-refractivity contribution in [3.63, 3.8) is 0 Å². The highest BCUT2D eigenvalue weighted by Crippen LogP contribution is 2.21. The van der Waals surface area contributed by atoms with E-state index in [1.54, 1.807) is 0 Å². The molecule has 9 heteroatoms. The summed E-state index contributed by atoms with van der Waals surface area (Å²) in [7, 11) is 0. The van der Waals surface area contributed by atoms with Gasteiger partial charge in [-0.15, -0.1) is 0 Å². The third-order valence-corrected chi connectivity index (χ3v) is 2.37. The van der Waals surface area contributed by atoms with Crippen LogP contribution in [0.15, 0.2) is 11.1 Å². The van der Waals surface area contributed by atoms with E-state index < -0.39 is 31.1 Å². The molecule has 0 atom stereocenters. The van der Waals surface area contributed by atoms with Crippen molar-refractivity contribution in [1.82, 2.24) is 19.5 Å². The van der Waals surface area contributed by atoms with E-state index in [1.165, 1.54) is 0 Å². The third kappa shape index (κ3) is 2.30. The Labute approximate surface area is 99.3 Å². The molecule has 2 aromatic heterocycles. The average molecular weight is 259 g/mol. The number of aliphatic hydroxyl groups is 1. The predicted octanol–water partition coefficient (Wildman–Crippen LogP) is -0.281. The summed E-state index contributed by atoms with van der Waals surface area (Å²) in [6.07, 6.45) is 0.420. The molecule has 18 heavy (non-hydrogen) atoms. The van der Waals surface area contributed by atoms with E-state index in [1.807, 2.05) is 0 Å². The molecule has 4 N–H and O–H groups in total. The summed E-state index contributed by atoms with van der Waals surface area (Å²) >= 11 is 0. The molecule has 7 nitrogen and oxygen atoms in total. The number of halogens is 2. The Hall–Kier alpha value is -2.03. The molecular formula is C9H11F2N5O2. The highest BCUT2D eigenvalue weighted by Gasteiger charge is 2.29. The van der Waals surface area contributed by atoms with Crippen LogP contribution in [0.1, 0.15) is 6.42 Å². The quantitative estimate of drug-likeness (QED) is 0.699. The standard InChI is InChI=1S/C9H11F2N5O2/c10-9(11,1-2-17)3-16-4-13-5-6(16)14-8(12)15-7(5)18/h4,17H,1-3H2,(H3,12,14,15,18). The van der Waals surface area contributed by atoms with Crippen LogP contribution in [-0.2, 0) is 6.54 Å². The van der Waals surface area contributed by atoms with Gasteiger partial charge in [-0.05, 0) is 0 Å². The minimum atomic E-state index is -3.11. The average Bonchev–Trinajstić information content (AvgIpc) is 2.60. The Balaban J connectivity index is 2.44. The molecule has 0 aliphatic carbocycles. The number of nitrogens with zero attached hydrogens (tertiary/aromatic N) is 3. The molecule has 2 aromatic rings. The molecule has 2 heterocycles. The van der Waals surface area contributed by atoms with Gasteiger partial charge in [-0.1, -0.05) is 0 Å². The summed E-state index contributed by atoms with van der Waals surface area (Å²) in [5.74, 6) is -3.28. The van der Waals surface area contributed by atoms with Gasteiger partial charge in [-0.3, -0.25) is 9.78 Å². The highest BCUT2D eigenvalue weighted by molar-refractivity contribution is 5.70. The molecule has 0 aliphatic rings. The van der Waals surface area contributed by atoms with Gasteiger partial charge in [0.15, 0.2) is 11.2 Å². The Morgan fingerprint density at radius 3 is 2.94 bits per heavy atom. The van der Waals surface area contributed by atoms with Gasteiger partial charge in [-0.2, -0.15) is 4.98 Å². The summed E-state index contributed by atoms with van der Waals surface area (Å²) in [5, 5.41) is 8.54. The van der Waals surface area contributed by atoms with Crippen LogP contribution in [0.3, 0.4) is 0 Å². The SMILES string of the molecule is Nc1nc2c(ncn2CC(F)(F)CCO)c(=O)[nH]1. The first-order valence-corrected chi connectivity index (χ1v) is 5.12. The van der Waals surface area contributed by atoms with Gasteiger partial charge < -0.3 is 15.4 Å². The lowest BCUT2D eigenvalue weighted by atomic mass is 10.2. The zero-order valence-corrected chi connectivity index (χ0v) is 9.23. The number of aromatic amines is 1. The molecule has 0 radical (unpaired) electrons. The Morgan fingerprint density at radius 1 is 1.56 bits per heavy atom. The maximum absolute atomic E-state index is 13.4. The zero-order chi connectivity index (χ0) is 13.3. The molecule has 0 saturated heterocycles. The zero-order valence-electron chi connectivity index (χ0n) is 9.23. The number of imidazole rings is 1. The fourth-order valence-corrected chi connectivity index (χ4v) is 1.58. The van der Waals surface area contributed by atoms with Crippen LogP contribution in [0, 0.1) is 0 Å². The van der Waals surface area contributed by atoms with Crippen LogP contribution >= 0.6 is 0 Å².